The van der Waals surface area contributed by atoms with Gasteiger partial charge in [0.05, 0.1) is 31.0 Å². The van der Waals surface area contributed by atoms with E-state index in [9.17, 15) is 19.7 Å². The summed E-state index contributed by atoms with van der Waals surface area (Å²) >= 11 is 0. The number of anilines is 1. The van der Waals surface area contributed by atoms with Crippen LogP contribution in [-0.2, 0) is 32.2 Å². The Balaban J connectivity index is 0.000000188. The van der Waals surface area contributed by atoms with Crippen molar-refractivity contribution in [3.05, 3.63) is 106 Å². The average Bonchev–Trinajstić information content (AvgIpc) is 3.03. The van der Waals surface area contributed by atoms with Gasteiger partial charge in [0, 0.05) is 80.9 Å². The van der Waals surface area contributed by atoms with Gasteiger partial charge >= 0.3 is 11.9 Å². The number of hydrogen-bond acceptors (Lipinski definition) is 11. The largest absolute Gasteiger partial charge is 0.469 e. The van der Waals surface area contributed by atoms with Crippen molar-refractivity contribution in [1.29, 1.82) is 0 Å². The van der Waals surface area contributed by atoms with Gasteiger partial charge in [-0.3, -0.25) is 39.5 Å². The highest BCUT2D eigenvalue weighted by Crippen LogP contribution is 2.29. The fraction of sp³-hybridized carbons (Fsp3) is 0.333. The van der Waals surface area contributed by atoms with Crippen LogP contribution in [0.4, 0.5) is 11.4 Å². The molecule has 0 radical (unpaired) electrons. The van der Waals surface area contributed by atoms with Crippen LogP contribution in [0.5, 0.6) is 0 Å². The summed E-state index contributed by atoms with van der Waals surface area (Å²) < 4.78 is 9.50. The lowest BCUT2D eigenvalue weighted by molar-refractivity contribution is -0.384. The number of nitrogens with two attached hydrogens (primary N) is 1. The van der Waals surface area contributed by atoms with E-state index in [2.05, 4.69) is 31.9 Å². The Morgan fingerprint density at radius 1 is 0.750 bits per heavy atom. The second kappa shape index (κ2) is 15.1. The number of nitrogens with zero attached hydrogens (tertiary/aromatic N) is 5. The number of nitrogen functional groups attached to an aromatic ring is 1. The first-order valence-electron chi connectivity index (χ1n) is 15.7. The van der Waals surface area contributed by atoms with Gasteiger partial charge in [0.15, 0.2) is 0 Å². The van der Waals surface area contributed by atoms with Crippen LogP contribution in [0.1, 0.15) is 22.5 Å². The lowest BCUT2D eigenvalue weighted by Gasteiger charge is -2.37. The number of aryl methyl sites for hydroxylation is 2. The molecule has 2 saturated heterocycles. The average molecular weight is 653 g/mol. The number of benzene rings is 2. The van der Waals surface area contributed by atoms with Crippen molar-refractivity contribution in [3.8, 4) is 22.3 Å². The van der Waals surface area contributed by atoms with Crippen molar-refractivity contribution in [2.75, 3.05) is 46.1 Å². The molecule has 2 N–H and O–H groups in total. The standard InChI is InChI=1S/C18H19N3O4.C18H21N3O2/c1-12-5-14(3-4-19-12)15-6-13(7-17(8-15)21(23)24)9-20-10-16(11-20)18(22)25-2;1-12-5-14(3-4-20-12)15-6-13(7-17(19)8-15)9-21-10-16(11-21)18(22)23-2/h3-8,16H,9-11H2,1-2H3;3-8,16H,9-11,19H2,1-2H3. The molecule has 2 aliphatic heterocycles. The van der Waals surface area contributed by atoms with E-state index < -0.39 is 0 Å². The molecule has 0 atom stereocenters. The highest BCUT2D eigenvalue weighted by molar-refractivity contribution is 5.74. The number of nitro groups is 1. The van der Waals surface area contributed by atoms with Crippen molar-refractivity contribution in [2.24, 2.45) is 11.8 Å². The molecule has 2 aromatic heterocycles. The molecule has 250 valence electrons. The highest BCUT2D eigenvalue weighted by atomic mass is 16.6. The predicted molar refractivity (Wildman–Crippen MR) is 181 cm³/mol. The van der Waals surface area contributed by atoms with Gasteiger partial charge in [0.1, 0.15) is 0 Å². The molecule has 0 saturated carbocycles. The third kappa shape index (κ3) is 8.58. The van der Waals surface area contributed by atoms with Crippen LogP contribution in [-0.4, -0.2) is 77.0 Å². The Labute approximate surface area is 279 Å². The fourth-order valence-electron chi connectivity index (χ4n) is 6.01. The Morgan fingerprint density at radius 2 is 1.21 bits per heavy atom. The summed E-state index contributed by atoms with van der Waals surface area (Å²) in [5, 5.41) is 11.3. The molecule has 0 spiro atoms. The molecule has 0 amide bonds. The van der Waals surface area contributed by atoms with E-state index in [-0.39, 0.29) is 34.4 Å². The maximum absolute atomic E-state index is 11.5. The Morgan fingerprint density at radius 3 is 1.65 bits per heavy atom. The second-order valence-electron chi connectivity index (χ2n) is 12.3. The van der Waals surface area contributed by atoms with E-state index in [0.717, 1.165) is 70.1 Å². The van der Waals surface area contributed by atoms with E-state index >= 15 is 0 Å². The highest BCUT2D eigenvalue weighted by Gasteiger charge is 2.34. The molecule has 12 heteroatoms. The van der Waals surface area contributed by atoms with E-state index in [1.54, 1.807) is 18.3 Å². The summed E-state index contributed by atoms with van der Waals surface area (Å²) in [6.07, 6.45) is 3.50. The van der Waals surface area contributed by atoms with E-state index in [4.69, 9.17) is 15.2 Å². The molecule has 2 aliphatic rings. The van der Waals surface area contributed by atoms with Crippen molar-refractivity contribution >= 4 is 23.3 Å². The molecular weight excluding hydrogens is 612 g/mol. The summed E-state index contributed by atoms with van der Waals surface area (Å²) in [5.74, 6) is -0.431. The smallest absolute Gasteiger partial charge is 0.311 e. The maximum atomic E-state index is 11.5. The summed E-state index contributed by atoms with van der Waals surface area (Å²) in [6, 6.07) is 19.0. The lowest BCUT2D eigenvalue weighted by Crippen LogP contribution is -2.49. The minimum absolute atomic E-state index is 0.00313. The molecule has 2 aromatic carbocycles. The van der Waals surface area contributed by atoms with Crippen LogP contribution in [0.25, 0.3) is 22.3 Å². The number of hydrogen-bond donors (Lipinski definition) is 1. The van der Waals surface area contributed by atoms with Gasteiger partial charge in [-0.15, -0.1) is 0 Å². The van der Waals surface area contributed by atoms with Crippen LogP contribution >= 0.6 is 0 Å². The van der Waals surface area contributed by atoms with Gasteiger partial charge in [-0.25, -0.2) is 0 Å². The Hall–Kier alpha value is -5.20. The van der Waals surface area contributed by atoms with Crippen molar-refractivity contribution in [3.63, 3.8) is 0 Å². The van der Waals surface area contributed by atoms with Crippen molar-refractivity contribution in [2.45, 2.75) is 26.9 Å². The van der Waals surface area contributed by atoms with Crippen LogP contribution < -0.4 is 5.73 Å². The first-order chi connectivity index (χ1) is 23.0. The summed E-state index contributed by atoms with van der Waals surface area (Å²) in [5.41, 5.74) is 14.6. The number of rotatable bonds is 9. The number of carbonyl (C=O) groups excluding carboxylic acids is 2. The fourth-order valence-corrected chi connectivity index (χ4v) is 6.01. The normalized spacial score (nSPS) is 15.0. The first kappa shape index (κ1) is 34.1. The molecule has 0 bridgehead atoms. The lowest BCUT2D eigenvalue weighted by atomic mass is 9.97. The van der Waals surface area contributed by atoms with Gasteiger partial charge in [0.25, 0.3) is 5.69 Å². The Bertz CT molecular complexity index is 1800. The summed E-state index contributed by atoms with van der Waals surface area (Å²) in [6.45, 7) is 7.91. The van der Waals surface area contributed by atoms with Gasteiger partial charge in [-0.2, -0.15) is 0 Å². The van der Waals surface area contributed by atoms with Gasteiger partial charge in [-0.05, 0) is 95.8 Å². The van der Waals surface area contributed by atoms with Crippen LogP contribution in [0.2, 0.25) is 0 Å². The van der Waals surface area contributed by atoms with E-state index in [1.165, 1.54) is 14.2 Å². The monoisotopic (exact) mass is 652 g/mol. The molecule has 4 aromatic rings. The molecule has 2 fully saturated rings. The van der Waals surface area contributed by atoms with Crippen LogP contribution in [0.15, 0.2) is 73.1 Å². The number of non-ortho nitro benzene ring substituents is 1. The van der Waals surface area contributed by atoms with Crippen molar-refractivity contribution in [1.82, 2.24) is 19.8 Å². The van der Waals surface area contributed by atoms with Crippen LogP contribution in [0, 0.1) is 35.8 Å². The second-order valence-corrected chi connectivity index (χ2v) is 12.3. The zero-order valence-electron chi connectivity index (χ0n) is 27.6. The number of likely N-dealkylation sites (tertiary alicyclic amines) is 2. The topological polar surface area (TPSA) is 154 Å². The van der Waals surface area contributed by atoms with Gasteiger partial charge < -0.3 is 15.2 Å². The third-order valence-electron chi connectivity index (χ3n) is 8.46. The number of ether oxygens (including phenoxy) is 2. The summed E-state index contributed by atoms with van der Waals surface area (Å²) in [4.78, 5) is 46.5. The van der Waals surface area contributed by atoms with E-state index in [0.29, 0.717) is 19.6 Å². The van der Waals surface area contributed by atoms with Gasteiger partial charge in [-0.1, -0.05) is 0 Å². The van der Waals surface area contributed by atoms with Crippen molar-refractivity contribution < 1.29 is 24.0 Å². The summed E-state index contributed by atoms with van der Waals surface area (Å²) in [7, 11) is 2.82. The number of nitro benzene ring substituents is 1. The third-order valence-corrected chi connectivity index (χ3v) is 8.46. The number of aromatic nitrogens is 2. The first-order valence-corrected chi connectivity index (χ1v) is 15.7. The predicted octanol–water partition coefficient (Wildman–Crippen LogP) is 4.81. The number of pyridine rings is 2. The molecule has 6 rings (SSSR count). The molecule has 0 unspecified atom stereocenters. The quantitative estimate of drug-likeness (QED) is 0.115. The molecule has 0 aliphatic carbocycles. The molecule has 12 nitrogen and oxygen atoms in total. The maximum Gasteiger partial charge on any atom is 0.311 e. The minimum atomic E-state index is -0.381. The Kier molecular flexibility index (Phi) is 10.8. The number of methoxy groups -OCH3 is 2. The SMILES string of the molecule is COC(=O)C1CN(Cc2cc(-c3ccnc(C)c3)cc([N+](=O)[O-])c2)C1.COC(=O)C1CN(Cc2cc(N)cc(-c3ccnc(C)c3)c2)C1. The molecule has 4 heterocycles. The van der Waals surface area contributed by atoms with Gasteiger partial charge in [0.2, 0.25) is 0 Å². The van der Waals surface area contributed by atoms with E-state index in [1.807, 2.05) is 56.4 Å². The zero-order valence-corrected chi connectivity index (χ0v) is 27.6. The molecule has 48 heavy (non-hydrogen) atoms. The zero-order chi connectivity index (χ0) is 34.4. The number of esters is 2. The molecular formula is C36H40N6O6. The van der Waals surface area contributed by atoms with Crippen LogP contribution in [0.3, 0.4) is 0 Å². The number of carbonyl (C=O) groups is 2. The minimum Gasteiger partial charge on any atom is -0.469 e.